The van der Waals surface area contributed by atoms with E-state index in [9.17, 15) is 29.1 Å². The SMILES string of the molecule is C.COc1ccc(C(=O)Nc2cccc(-n3cnc4ccccc43)c2)cc1.N#Cc1ccc(C(=O)Nc2cccc(-n3cnc4ccccc43)c2)cc1.O=C(Nc1cccc(-n2cnc3ccccc32)c1)c1ccc(O)cc1.O=C(O)c1ccc(C(=O)Nc2cccc(-n3cnc4ccccc43)c2)cc1. The number of hydrogen-bond donors (Lipinski definition) is 6. The van der Waals surface area contributed by atoms with Crippen LogP contribution in [0.5, 0.6) is 11.5 Å². The Balaban J connectivity index is 0.000000131. The first-order chi connectivity index (χ1) is 50.8. The highest BCUT2D eigenvalue weighted by molar-refractivity contribution is 6.07. The number of carbonyl (C=O) groups excluding carboxylic acids is 4. The minimum Gasteiger partial charge on any atom is -0.508 e. The third-order valence-corrected chi connectivity index (χ3v) is 16.5. The second-order valence-corrected chi connectivity index (χ2v) is 23.3. The number of phenols is 1. The zero-order valence-electron chi connectivity index (χ0n) is 55.4. The Morgan fingerprint density at radius 1 is 0.352 bits per heavy atom. The Labute approximate surface area is 601 Å². The number of anilines is 4. The molecule has 16 rings (SSSR count). The molecule has 6 N–H and O–H groups in total. The molecule has 514 valence electrons. The first kappa shape index (κ1) is 69.8. The van der Waals surface area contributed by atoms with Gasteiger partial charge in [-0.2, -0.15) is 5.26 Å². The molecule has 21 nitrogen and oxygen atoms in total. The standard InChI is InChI=1S/C21H14N4O.C21H15N3O3.C21H17N3O2.C20H15N3O2.CH4/c22-13-15-8-10-16(11-9-15)21(26)24-17-4-3-5-18(12-17)25-14-23-19-6-1-2-7-20(19)25;25-20(14-8-10-15(11-9-14)21(26)27)23-16-4-3-5-17(12-16)24-13-22-18-6-1-2-7-19(18)24;1-26-18-11-9-15(10-12-18)21(25)23-16-5-4-6-17(13-16)24-14-22-19-7-2-3-8-20(19)24;24-17-10-8-14(9-11-17)20(25)22-15-4-3-5-16(12-15)23-13-21-18-6-1-2-7-19(18)23;/h1-12,14H,(H,24,26);1-13H,(H,23,25)(H,26,27);2-14H,1H3,(H,23,25);1-13,24H,(H,22,25);1H4. The van der Waals surface area contributed by atoms with E-state index in [1.54, 1.807) is 99.1 Å². The average molecular weight is 1380 g/mol. The number of nitriles is 1. The lowest BCUT2D eigenvalue weighted by Crippen LogP contribution is -2.12. The predicted molar refractivity (Wildman–Crippen MR) is 408 cm³/mol. The highest BCUT2D eigenvalue weighted by atomic mass is 16.5. The summed E-state index contributed by atoms with van der Waals surface area (Å²) in [6.07, 6.45) is 7.07. The second kappa shape index (κ2) is 32.3. The van der Waals surface area contributed by atoms with Gasteiger partial charge in [0.2, 0.25) is 0 Å². The number of nitrogens with one attached hydrogen (secondary N) is 4. The summed E-state index contributed by atoms with van der Waals surface area (Å²) in [6.45, 7) is 0. The molecule has 0 radical (unpaired) electrons. The van der Waals surface area contributed by atoms with Crippen molar-refractivity contribution in [2.24, 2.45) is 0 Å². The Hall–Kier alpha value is -15.0. The number of nitrogens with zero attached hydrogens (tertiary/aromatic N) is 9. The van der Waals surface area contributed by atoms with Crippen LogP contribution in [0.1, 0.15) is 64.8 Å². The Kier molecular flexibility index (Phi) is 21.5. The summed E-state index contributed by atoms with van der Waals surface area (Å²) >= 11 is 0. The van der Waals surface area contributed by atoms with E-state index < -0.39 is 5.97 Å². The van der Waals surface area contributed by atoms with E-state index in [4.69, 9.17) is 15.1 Å². The molecule has 0 saturated carbocycles. The van der Waals surface area contributed by atoms with Crippen LogP contribution < -0.4 is 26.0 Å². The van der Waals surface area contributed by atoms with Gasteiger partial charge in [0.15, 0.2) is 0 Å². The number of carboxylic acid groups (broad SMARTS) is 1. The zero-order chi connectivity index (χ0) is 71.9. The second-order valence-electron chi connectivity index (χ2n) is 23.3. The Morgan fingerprint density at radius 3 is 0.905 bits per heavy atom. The van der Waals surface area contributed by atoms with Crippen LogP contribution in [-0.2, 0) is 0 Å². The minimum atomic E-state index is -1.03. The number of benzene rings is 12. The van der Waals surface area contributed by atoms with E-state index in [0.717, 1.165) is 78.3 Å². The van der Waals surface area contributed by atoms with Gasteiger partial charge in [0.1, 0.15) is 36.8 Å². The number of amides is 4. The first-order valence-electron chi connectivity index (χ1n) is 32.4. The van der Waals surface area contributed by atoms with Crippen LogP contribution in [-0.4, -0.2) is 85.1 Å². The number of phenolic OH excluding ortho intramolecular Hbond substituents is 1. The topological polar surface area (TPSA) is 278 Å². The Bertz CT molecular complexity index is 5840. The quantitative estimate of drug-likeness (QED) is 0.0591. The fourth-order valence-corrected chi connectivity index (χ4v) is 11.2. The number of rotatable bonds is 14. The van der Waals surface area contributed by atoms with Gasteiger partial charge < -0.3 is 36.2 Å². The highest BCUT2D eigenvalue weighted by Crippen LogP contribution is 2.27. The van der Waals surface area contributed by atoms with Crippen LogP contribution in [0, 0.1) is 11.3 Å². The summed E-state index contributed by atoms with van der Waals surface area (Å²) in [5.74, 6) is -1.10. The molecule has 0 spiro atoms. The Morgan fingerprint density at radius 2 is 0.619 bits per heavy atom. The molecule has 0 aliphatic rings. The van der Waals surface area contributed by atoms with Crippen molar-refractivity contribution in [1.29, 1.82) is 5.26 Å². The van der Waals surface area contributed by atoms with Gasteiger partial charge in [-0.15, -0.1) is 0 Å². The molecule has 0 fully saturated rings. The fourth-order valence-electron chi connectivity index (χ4n) is 11.2. The number of fused-ring (bicyclic) bond motifs is 4. The molecule has 4 amide bonds. The smallest absolute Gasteiger partial charge is 0.335 e. The number of carboxylic acids is 1. The van der Waals surface area contributed by atoms with Crippen molar-refractivity contribution in [3.05, 3.63) is 350 Å². The van der Waals surface area contributed by atoms with E-state index >= 15 is 0 Å². The van der Waals surface area contributed by atoms with E-state index in [2.05, 4.69) is 41.2 Å². The normalized spacial score (nSPS) is 10.5. The lowest BCUT2D eigenvalue weighted by molar-refractivity contribution is 0.0695. The summed E-state index contributed by atoms with van der Waals surface area (Å²) < 4.78 is 13.0. The van der Waals surface area contributed by atoms with Crippen molar-refractivity contribution in [3.8, 4) is 40.3 Å². The van der Waals surface area contributed by atoms with Crippen LogP contribution in [0.3, 0.4) is 0 Å². The summed E-state index contributed by atoms with van der Waals surface area (Å²) in [5.41, 5.74) is 16.6. The van der Waals surface area contributed by atoms with Crippen molar-refractivity contribution >= 4 is 96.5 Å². The lowest BCUT2D eigenvalue weighted by atomic mass is 10.1. The molecule has 4 aromatic heterocycles. The minimum absolute atomic E-state index is 0. The van der Waals surface area contributed by atoms with Gasteiger partial charge in [0, 0.05) is 67.8 Å². The molecule has 0 aliphatic heterocycles. The first-order valence-corrected chi connectivity index (χ1v) is 32.4. The van der Waals surface area contributed by atoms with Crippen molar-refractivity contribution < 1.29 is 38.9 Å². The number of aromatic nitrogens is 8. The fraction of sp³-hybridized carbons (Fsp3) is 0.0238. The zero-order valence-corrected chi connectivity index (χ0v) is 55.4. The molecule has 4 heterocycles. The van der Waals surface area contributed by atoms with Crippen LogP contribution in [0.25, 0.3) is 66.9 Å². The maximum atomic E-state index is 12.5. The molecule has 0 aliphatic carbocycles. The van der Waals surface area contributed by atoms with E-state index in [1.807, 2.05) is 212 Å². The van der Waals surface area contributed by atoms with Crippen molar-refractivity contribution in [2.75, 3.05) is 28.4 Å². The largest absolute Gasteiger partial charge is 0.508 e. The van der Waals surface area contributed by atoms with Gasteiger partial charge in [0.05, 0.1) is 68.4 Å². The van der Waals surface area contributed by atoms with Crippen molar-refractivity contribution in [3.63, 3.8) is 0 Å². The number of ether oxygens (including phenoxy) is 1. The van der Waals surface area contributed by atoms with Gasteiger partial charge in [0.25, 0.3) is 23.6 Å². The number of methoxy groups -OCH3 is 1. The maximum absolute atomic E-state index is 12.5. The van der Waals surface area contributed by atoms with Crippen LogP contribution in [0.2, 0.25) is 0 Å². The molecule has 105 heavy (non-hydrogen) atoms. The predicted octanol–water partition coefficient (Wildman–Crippen LogP) is 17.0. The molecule has 0 bridgehead atoms. The molecular formula is C84H65N13O8. The van der Waals surface area contributed by atoms with Crippen LogP contribution in [0.4, 0.5) is 22.7 Å². The molecule has 12 aromatic carbocycles. The van der Waals surface area contributed by atoms with E-state index in [-0.39, 0.29) is 42.4 Å². The number of aromatic hydroxyl groups is 1. The number of para-hydroxylation sites is 8. The summed E-state index contributed by atoms with van der Waals surface area (Å²) in [5, 5.41) is 38.6. The third kappa shape index (κ3) is 16.7. The molecule has 21 heteroatoms. The third-order valence-electron chi connectivity index (χ3n) is 16.5. The average Bonchev–Trinajstić information content (AvgIpc) is 1.69. The summed E-state index contributed by atoms with van der Waals surface area (Å²) in [6, 6.07) is 89.3. The summed E-state index contributed by atoms with van der Waals surface area (Å²) in [4.78, 5) is 78.1. The molecule has 0 unspecified atom stereocenters. The molecule has 0 atom stereocenters. The van der Waals surface area contributed by atoms with Crippen molar-refractivity contribution in [1.82, 2.24) is 38.2 Å². The van der Waals surface area contributed by atoms with Gasteiger partial charge in [-0.05, 0) is 218 Å². The van der Waals surface area contributed by atoms with E-state index in [0.29, 0.717) is 44.9 Å². The van der Waals surface area contributed by atoms with Gasteiger partial charge >= 0.3 is 5.97 Å². The van der Waals surface area contributed by atoms with Gasteiger partial charge in [-0.1, -0.05) is 80.2 Å². The number of hydrogen-bond acceptors (Lipinski definition) is 12. The molecule has 16 aromatic rings. The lowest BCUT2D eigenvalue weighted by Gasteiger charge is -2.09. The van der Waals surface area contributed by atoms with E-state index in [1.165, 1.54) is 36.4 Å². The number of aromatic carboxylic acids is 1. The van der Waals surface area contributed by atoms with Crippen molar-refractivity contribution in [2.45, 2.75) is 7.43 Å². The summed E-state index contributed by atoms with van der Waals surface area (Å²) in [7, 11) is 1.60. The number of imidazole rings is 4. The van der Waals surface area contributed by atoms with Crippen LogP contribution in [0.15, 0.2) is 316 Å². The number of carbonyl (C=O) groups is 5. The monoisotopic (exact) mass is 1380 g/mol. The van der Waals surface area contributed by atoms with Gasteiger partial charge in [-0.3, -0.25) is 37.4 Å². The van der Waals surface area contributed by atoms with Gasteiger partial charge in [-0.25, -0.2) is 24.7 Å². The maximum Gasteiger partial charge on any atom is 0.335 e. The van der Waals surface area contributed by atoms with Crippen LogP contribution >= 0.6 is 0 Å². The molecule has 0 saturated heterocycles. The highest BCUT2D eigenvalue weighted by Gasteiger charge is 2.15. The molecular weight excluding hydrogens is 1320 g/mol.